The van der Waals surface area contributed by atoms with Gasteiger partial charge >= 0.3 is 5.97 Å². The number of carboxylic acid groups (broad SMARTS) is 1. The van der Waals surface area contributed by atoms with Gasteiger partial charge in [-0.25, -0.2) is 4.79 Å². The first-order chi connectivity index (χ1) is 13.4. The summed E-state index contributed by atoms with van der Waals surface area (Å²) in [4.78, 5) is 48.4. The highest BCUT2D eigenvalue weighted by atomic mass is 16.4. The van der Waals surface area contributed by atoms with Crippen LogP contribution < -0.4 is 27.4 Å². The Bertz CT molecular complexity index is 567. The fourth-order valence-electron chi connectivity index (χ4n) is 2.60. The van der Waals surface area contributed by atoms with E-state index in [9.17, 15) is 24.3 Å². The quantitative estimate of drug-likeness (QED) is 0.216. The van der Waals surface area contributed by atoms with Crippen LogP contribution in [0, 0.1) is 11.8 Å². The Balaban J connectivity index is 4.90. The van der Waals surface area contributed by atoms with Gasteiger partial charge in [0.2, 0.25) is 17.7 Å². The van der Waals surface area contributed by atoms with Crippen molar-refractivity contribution in [2.24, 2.45) is 23.3 Å². The number of aliphatic carboxylic acids is 1. The lowest BCUT2D eigenvalue weighted by Gasteiger charge is -2.26. The van der Waals surface area contributed by atoms with Crippen LogP contribution >= 0.6 is 0 Å². The Morgan fingerprint density at radius 2 is 1.31 bits per heavy atom. The average molecular weight is 416 g/mol. The Kier molecular flexibility index (Phi) is 12.1. The molecule has 0 aromatic rings. The first kappa shape index (κ1) is 26.8. The smallest absolute Gasteiger partial charge is 0.326 e. The van der Waals surface area contributed by atoms with Gasteiger partial charge in [0.05, 0.1) is 6.04 Å². The number of amides is 3. The normalized spacial score (nSPS) is 15.3. The molecule has 0 aromatic heterocycles. The van der Waals surface area contributed by atoms with Crippen LogP contribution in [0.4, 0.5) is 0 Å². The lowest BCUT2D eigenvalue weighted by molar-refractivity contribution is -0.143. The second-order valence-electron chi connectivity index (χ2n) is 7.92. The molecule has 0 aliphatic rings. The standard InChI is InChI=1S/C19H37N5O5/c1-10(2)14(23-17(26)13(21)8-6-7-9-20)18(27)22-12(5)16(25)24-15(11(3)4)19(28)29/h10-15H,6-9,20-21H2,1-5H3,(H,22,27)(H,23,26)(H,24,25)(H,28,29). The molecule has 0 rings (SSSR count). The van der Waals surface area contributed by atoms with E-state index in [0.717, 1.165) is 6.42 Å². The predicted molar refractivity (Wildman–Crippen MR) is 110 cm³/mol. The number of hydrogen-bond acceptors (Lipinski definition) is 6. The van der Waals surface area contributed by atoms with E-state index in [1.54, 1.807) is 27.7 Å². The molecule has 0 spiro atoms. The van der Waals surface area contributed by atoms with Gasteiger partial charge in [0.15, 0.2) is 0 Å². The number of unbranched alkanes of at least 4 members (excludes halogenated alkanes) is 1. The van der Waals surface area contributed by atoms with Crippen molar-refractivity contribution in [1.29, 1.82) is 0 Å². The fourth-order valence-corrected chi connectivity index (χ4v) is 2.60. The lowest BCUT2D eigenvalue weighted by atomic mass is 10.0. The molecule has 0 bridgehead atoms. The van der Waals surface area contributed by atoms with Crippen molar-refractivity contribution in [2.75, 3.05) is 6.54 Å². The van der Waals surface area contributed by atoms with Crippen molar-refractivity contribution < 1.29 is 24.3 Å². The predicted octanol–water partition coefficient (Wildman–Crippen LogP) is -0.686. The van der Waals surface area contributed by atoms with E-state index in [0.29, 0.717) is 19.4 Å². The summed E-state index contributed by atoms with van der Waals surface area (Å²) in [6.45, 7) is 8.82. The van der Waals surface area contributed by atoms with E-state index in [-0.39, 0.29) is 11.8 Å². The second-order valence-corrected chi connectivity index (χ2v) is 7.92. The molecule has 29 heavy (non-hydrogen) atoms. The van der Waals surface area contributed by atoms with Gasteiger partial charge in [-0.15, -0.1) is 0 Å². The molecule has 10 nitrogen and oxygen atoms in total. The first-order valence-electron chi connectivity index (χ1n) is 10.0. The highest BCUT2D eigenvalue weighted by Gasteiger charge is 2.30. The zero-order valence-corrected chi connectivity index (χ0v) is 18.0. The van der Waals surface area contributed by atoms with Crippen LogP contribution in [-0.2, 0) is 19.2 Å². The van der Waals surface area contributed by atoms with E-state index in [2.05, 4.69) is 16.0 Å². The molecule has 4 atom stereocenters. The number of carboxylic acids is 1. The molecule has 0 saturated carbocycles. The van der Waals surface area contributed by atoms with Crippen molar-refractivity contribution >= 4 is 23.7 Å². The van der Waals surface area contributed by atoms with Crippen LogP contribution in [0.2, 0.25) is 0 Å². The van der Waals surface area contributed by atoms with Crippen LogP contribution in [0.25, 0.3) is 0 Å². The summed E-state index contributed by atoms with van der Waals surface area (Å²) in [5, 5.41) is 16.7. The van der Waals surface area contributed by atoms with E-state index in [4.69, 9.17) is 11.5 Å². The van der Waals surface area contributed by atoms with Crippen LogP contribution in [0.5, 0.6) is 0 Å². The zero-order valence-electron chi connectivity index (χ0n) is 18.0. The molecule has 0 aromatic carbocycles. The third-order valence-electron chi connectivity index (χ3n) is 4.54. The summed E-state index contributed by atoms with van der Waals surface area (Å²) in [7, 11) is 0. The molecule has 0 aliphatic heterocycles. The third kappa shape index (κ3) is 9.71. The largest absolute Gasteiger partial charge is 0.480 e. The fraction of sp³-hybridized carbons (Fsp3) is 0.789. The van der Waals surface area contributed by atoms with Crippen LogP contribution in [-0.4, -0.2) is 59.5 Å². The molecule has 168 valence electrons. The SMILES string of the molecule is CC(NC(=O)C(NC(=O)C(N)CCCCN)C(C)C)C(=O)NC(C(=O)O)C(C)C. The summed E-state index contributed by atoms with van der Waals surface area (Å²) in [6.07, 6.45) is 1.93. The van der Waals surface area contributed by atoms with Crippen molar-refractivity contribution in [3.05, 3.63) is 0 Å². The van der Waals surface area contributed by atoms with Crippen LogP contribution in [0.1, 0.15) is 53.9 Å². The van der Waals surface area contributed by atoms with Gasteiger partial charge in [0.1, 0.15) is 18.1 Å². The summed E-state index contributed by atoms with van der Waals surface area (Å²) < 4.78 is 0. The molecule has 0 heterocycles. The van der Waals surface area contributed by atoms with Crippen LogP contribution in [0.15, 0.2) is 0 Å². The minimum atomic E-state index is -1.15. The molecule has 0 aliphatic carbocycles. The van der Waals surface area contributed by atoms with Gasteiger partial charge in [-0.2, -0.15) is 0 Å². The van der Waals surface area contributed by atoms with Gasteiger partial charge < -0.3 is 32.5 Å². The number of carbonyl (C=O) groups excluding carboxylic acids is 3. The monoisotopic (exact) mass is 415 g/mol. The Morgan fingerprint density at radius 3 is 1.76 bits per heavy atom. The molecule has 10 heteroatoms. The minimum Gasteiger partial charge on any atom is -0.480 e. The van der Waals surface area contributed by atoms with Gasteiger partial charge in [-0.1, -0.05) is 34.1 Å². The maximum absolute atomic E-state index is 12.6. The van der Waals surface area contributed by atoms with Gasteiger partial charge in [0.25, 0.3) is 0 Å². The number of nitrogens with two attached hydrogens (primary N) is 2. The molecule has 8 N–H and O–H groups in total. The molecule has 0 fully saturated rings. The molecule has 0 saturated heterocycles. The molecule has 3 amide bonds. The minimum absolute atomic E-state index is 0.243. The maximum Gasteiger partial charge on any atom is 0.326 e. The van der Waals surface area contributed by atoms with Crippen molar-refractivity contribution in [3.63, 3.8) is 0 Å². The second kappa shape index (κ2) is 13.1. The Labute approximate surface area is 172 Å². The number of hydrogen-bond donors (Lipinski definition) is 6. The lowest BCUT2D eigenvalue weighted by Crippen LogP contribution is -2.58. The van der Waals surface area contributed by atoms with Crippen LogP contribution in [0.3, 0.4) is 0 Å². The van der Waals surface area contributed by atoms with Gasteiger partial charge in [-0.3, -0.25) is 14.4 Å². The number of rotatable bonds is 13. The van der Waals surface area contributed by atoms with Crippen molar-refractivity contribution in [1.82, 2.24) is 16.0 Å². The first-order valence-corrected chi connectivity index (χ1v) is 10.0. The van der Waals surface area contributed by atoms with Crippen molar-refractivity contribution in [2.45, 2.75) is 78.0 Å². The average Bonchev–Trinajstić information content (AvgIpc) is 2.62. The van der Waals surface area contributed by atoms with E-state index in [1.807, 2.05) is 0 Å². The summed E-state index contributed by atoms with van der Waals surface area (Å²) in [6, 6.07) is -3.66. The maximum atomic E-state index is 12.6. The Hall–Kier alpha value is -2.20. The molecular weight excluding hydrogens is 378 g/mol. The van der Waals surface area contributed by atoms with E-state index < -0.39 is 47.9 Å². The zero-order chi connectivity index (χ0) is 22.7. The van der Waals surface area contributed by atoms with Crippen molar-refractivity contribution in [3.8, 4) is 0 Å². The summed E-state index contributed by atoms with van der Waals surface area (Å²) in [5.41, 5.74) is 11.3. The van der Waals surface area contributed by atoms with E-state index >= 15 is 0 Å². The molecule has 4 unspecified atom stereocenters. The van der Waals surface area contributed by atoms with E-state index in [1.165, 1.54) is 6.92 Å². The molecule has 0 radical (unpaired) electrons. The summed E-state index contributed by atoms with van der Waals surface area (Å²) in [5.74, 6) is -3.31. The van der Waals surface area contributed by atoms with Gasteiger partial charge in [-0.05, 0) is 38.1 Å². The van der Waals surface area contributed by atoms with Gasteiger partial charge in [0, 0.05) is 0 Å². The number of nitrogens with one attached hydrogen (secondary N) is 3. The topological polar surface area (TPSA) is 177 Å². The third-order valence-corrected chi connectivity index (χ3v) is 4.54. The highest BCUT2D eigenvalue weighted by Crippen LogP contribution is 2.06. The Morgan fingerprint density at radius 1 is 0.793 bits per heavy atom. The number of carbonyl (C=O) groups is 4. The summed E-state index contributed by atoms with van der Waals surface area (Å²) >= 11 is 0. The molecular formula is C19H37N5O5. The highest BCUT2D eigenvalue weighted by molar-refractivity contribution is 5.94.